The van der Waals surface area contributed by atoms with E-state index in [-0.39, 0.29) is 5.82 Å². The van der Waals surface area contributed by atoms with E-state index < -0.39 is 78.4 Å². The summed E-state index contributed by atoms with van der Waals surface area (Å²) in [6.45, 7) is 8.07. The third-order valence-electron chi connectivity index (χ3n) is 4.48. The van der Waals surface area contributed by atoms with Crippen LogP contribution in [0.2, 0.25) is 0 Å². The van der Waals surface area contributed by atoms with Crippen LogP contribution in [0.25, 0.3) is 0 Å². The molecule has 37 heavy (non-hydrogen) atoms. The second-order valence-corrected chi connectivity index (χ2v) is 10.3. The maximum Gasteiger partial charge on any atom is 0.509 e. The van der Waals surface area contributed by atoms with Gasteiger partial charge in [-0.15, -0.1) is 11.6 Å². The number of rotatable bonds is 7. The summed E-state index contributed by atoms with van der Waals surface area (Å²) in [5.74, 6) is -5.43. The van der Waals surface area contributed by atoms with Crippen LogP contribution in [-0.4, -0.2) is 75.7 Å². The van der Waals surface area contributed by atoms with Crippen LogP contribution in [0.3, 0.4) is 0 Å². The smallest absolute Gasteiger partial charge is 0.462 e. The fourth-order valence-electron chi connectivity index (χ4n) is 3.07. The first-order valence-electron chi connectivity index (χ1n) is 11.1. The predicted octanol–water partition coefficient (Wildman–Crippen LogP) is 3.10. The van der Waals surface area contributed by atoms with Crippen molar-refractivity contribution >= 4 is 35.6 Å². The van der Waals surface area contributed by atoms with Crippen molar-refractivity contribution in [1.29, 1.82) is 0 Å². The van der Waals surface area contributed by atoms with Crippen LogP contribution < -0.4 is 11.0 Å². The number of ether oxygens (including phenoxy) is 5. The molecule has 1 amide bonds. The molecule has 15 heteroatoms. The van der Waals surface area contributed by atoms with Crippen molar-refractivity contribution in [2.75, 3.05) is 17.8 Å². The van der Waals surface area contributed by atoms with Gasteiger partial charge in [-0.25, -0.2) is 14.4 Å². The number of alkyl halides is 3. The molecule has 208 valence electrons. The molecule has 1 N–H and O–H groups in total. The standard InChI is InChI=1S/C22H30ClF2N3O9/c1-20(2,3)36-18(31)27-14-7-8-28(17(30)26-14)10-13-22(24,25)16(35-19(32)37-21(4,5)6)12(34-13)11-33-15(29)9-23/h7-8,12-13,16H,9-11H2,1-6H3,(H,26,27,30,31)/t12-,13+,16-/m1/s1. The molecule has 1 aromatic rings. The Morgan fingerprint density at radius 1 is 1.16 bits per heavy atom. The Hall–Kier alpha value is -3.00. The minimum absolute atomic E-state index is 0.161. The van der Waals surface area contributed by atoms with E-state index in [0.29, 0.717) is 0 Å². The zero-order valence-corrected chi connectivity index (χ0v) is 22.0. The van der Waals surface area contributed by atoms with E-state index in [4.69, 9.17) is 35.3 Å². The molecule has 1 fully saturated rings. The van der Waals surface area contributed by atoms with Crippen LogP contribution in [0.4, 0.5) is 24.2 Å². The van der Waals surface area contributed by atoms with E-state index in [1.54, 1.807) is 20.8 Å². The predicted molar refractivity (Wildman–Crippen MR) is 125 cm³/mol. The number of carbonyl (C=O) groups is 3. The summed E-state index contributed by atoms with van der Waals surface area (Å²) in [5, 5.41) is 2.27. The van der Waals surface area contributed by atoms with E-state index in [9.17, 15) is 19.2 Å². The summed E-state index contributed by atoms with van der Waals surface area (Å²) in [5.41, 5.74) is -2.80. The minimum Gasteiger partial charge on any atom is -0.462 e. The molecule has 0 radical (unpaired) electrons. The van der Waals surface area contributed by atoms with Gasteiger partial charge < -0.3 is 23.7 Å². The third-order valence-corrected chi connectivity index (χ3v) is 4.70. The van der Waals surface area contributed by atoms with Gasteiger partial charge in [0, 0.05) is 6.20 Å². The first kappa shape index (κ1) is 30.2. The number of amides is 1. The molecule has 12 nitrogen and oxygen atoms in total. The van der Waals surface area contributed by atoms with Crippen LogP contribution in [0.1, 0.15) is 41.5 Å². The van der Waals surface area contributed by atoms with Gasteiger partial charge in [-0.1, -0.05) is 0 Å². The maximum absolute atomic E-state index is 15.3. The highest BCUT2D eigenvalue weighted by Crippen LogP contribution is 2.39. The first-order valence-corrected chi connectivity index (χ1v) is 11.7. The fraction of sp³-hybridized carbons (Fsp3) is 0.682. The molecule has 1 saturated heterocycles. The molecule has 0 unspecified atom stereocenters. The topological polar surface area (TPSA) is 144 Å². The van der Waals surface area contributed by atoms with Crippen molar-refractivity contribution in [3.63, 3.8) is 0 Å². The first-order chi connectivity index (χ1) is 16.9. The average Bonchev–Trinajstić information content (AvgIpc) is 2.95. The largest absolute Gasteiger partial charge is 0.509 e. The van der Waals surface area contributed by atoms with Gasteiger partial charge in [0.05, 0.1) is 6.54 Å². The molecule has 1 aliphatic heterocycles. The minimum atomic E-state index is -3.83. The van der Waals surface area contributed by atoms with E-state index in [1.165, 1.54) is 26.8 Å². The second kappa shape index (κ2) is 11.6. The van der Waals surface area contributed by atoms with Gasteiger partial charge in [0.2, 0.25) is 6.10 Å². The van der Waals surface area contributed by atoms with Gasteiger partial charge in [0.1, 0.15) is 41.7 Å². The monoisotopic (exact) mass is 553 g/mol. The number of anilines is 1. The van der Waals surface area contributed by atoms with E-state index >= 15 is 8.78 Å². The normalized spacial score (nSPS) is 21.2. The molecule has 2 heterocycles. The lowest BCUT2D eigenvalue weighted by atomic mass is 10.1. The second-order valence-electron chi connectivity index (χ2n) is 10.0. The van der Waals surface area contributed by atoms with Crippen molar-refractivity contribution < 1.29 is 46.8 Å². The zero-order valence-electron chi connectivity index (χ0n) is 21.2. The molecule has 0 aromatic carbocycles. The molecule has 1 aliphatic rings. The third kappa shape index (κ3) is 9.11. The molecule has 0 aliphatic carbocycles. The summed E-state index contributed by atoms with van der Waals surface area (Å²) >= 11 is 5.37. The van der Waals surface area contributed by atoms with Gasteiger partial charge in [0.15, 0.2) is 0 Å². The number of carbonyl (C=O) groups excluding carboxylic acids is 3. The molecule has 0 saturated carbocycles. The molecule has 0 spiro atoms. The number of aromatic nitrogens is 2. The maximum atomic E-state index is 15.3. The lowest BCUT2D eigenvalue weighted by Crippen LogP contribution is -2.46. The van der Waals surface area contributed by atoms with Gasteiger partial charge in [-0.05, 0) is 47.6 Å². The molecular formula is C22H30ClF2N3O9. The fourth-order valence-corrected chi connectivity index (χ4v) is 3.14. The summed E-state index contributed by atoms with van der Waals surface area (Å²) in [6.07, 6.45) is -6.90. The highest BCUT2D eigenvalue weighted by Gasteiger charge is 2.62. The number of hydrogen-bond acceptors (Lipinski definition) is 10. The number of hydrogen-bond donors (Lipinski definition) is 1. The summed E-state index contributed by atoms with van der Waals surface area (Å²) in [6, 6.07) is 1.20. The van der Waals surface area contributed by atoms with Crippen molar-refractivity contribution in [1.82, 2.24) is 9.55 Å². The Balaban J connectivity index is 2.20. The van der Waals surface area contributed by atoms with E-state index in [2.05, 4.69) is 10.3 Å². The summed E-state index contributed by atoms with van der Waals surface area (Å²) in [7, 11) is 0. The van der Waals surface area contributed by atoms with Gasteiger partial charge in [-0.2, -0.15) is 13.8 Å². The van der Waals surface area contributed by atoms with Crippen LogP contribution in [-0.2, 0) is 35.0 Å². The SMILES string of the molecule is CC(C)(C)OC(=O)Nc1ccn(C[C@@H]2O[C@H](COC(=O)CCl)[C@@H](OC(=O)OC(C)(C)C)C2(F)F)c(=O)n1. The Bertz CT molecular complexity index is 1050. The Labute approximate surface area is 216 Å². The average molecular weight is 554 g/mol. The number of nitrogens with zero attached hydrogens (tertiary/aromatic N) is 2. The highest BCUT2D eigenvalue weighted by molar-refractivity contribution is 6.26. The number of halogens is 3. The Morgan fingerprint density at radius 2 is 1.78 bits per heavy atom. The van der Waals surface area contributed by atoms with Crippen molar-refractivity contribution in [2.45, 2.75) is 83.5 Å². The van der Waals surface area contributed by atoms with Crippen molar-refractivity contribution in [2.24, 2.45) is 0 Å². The van der Waals surface area contributed by atoms with Crippen LogP contribution >= 0.6 is 11.6 Å². The lowest BCUT2D eigenvalue weighted by Gasteiger charge is -2.26. The number of esters is 1. The number of nitrogens with one attached hydrogen (secondary N) is 1. The lowest BCUT2D eigenvalue weighted by molar-refractivity contribution is -0.147. The Kier molecular flexibility index (Phi) is 9.47. The van der Waals surface area contributed by atoms with Gasteiger partial charge in [-0.3, -0.25) is 14.7 Å². The van der Waals surface area contributed by atoms with Crippen LogP contribution in [0.15, 0.2) is 17.1 Å². The molecule has 1 aromatic heterocycles. The summed E-state index contributed by atoms with van der Waals surface area (Å²) in [4.78, 5) is 51.5. The Morgan fingerprint density at radius 3 is 2.32 bits per heavy atom. The quantitative estimate of drug-likeness (QED) is 0.304. The molecule has 2 rings (SSSR count). The zero-order chi connectivity index (χ0) is 28.2. The molecular weight excluding hydrogens is 524 g/mol. The van der Waals surface area contributed by atoms with Crippen LogP contribution in [0, 0.1) is 0 Å². The highest BCUT2D eigenvalue weighted by atomic mass is 35.5. The van der Waals surface area contributed by atoms with Crippen molar-refractivity contribution in [3.8, 4) is 0 Å². The summed E-state index contributed by atoms with van der Waals surface area (Å²) < 4.78 is 56.5. The van der Waals surface area contributed by atoms with Gasteiger partial charge >= 0.3 is 29.8 Å². The molecule has 3 atom stereocenters. The van der Waals surface area contributed by atoms with E-state index in [1.807, 2.05) is 0 Å². The van der Waals surface area contributed by atoms with E-state index in [0.717, 1.165) is 10.8 Å². The van der Waals surface area contributed by atoms with Crippen LogP contribution in [0.5, 0.6) is 0 Å². The van der Waals surface area contributed by atoms with Crippen molar-refractivity contribution in [3.05, 3.63) is 22.7 Å². The van der Waals surface area contributed by atoms with Gasteiger partial charge in [0.25, 0.3) is 0 Å². The molecule has 0 bridgehead atoms.